The van der Waals surface area contributed by atoms with Crippen LogP contribution in [0.3, 0.4) is 0 Å². The molecule has 0 heterocycles. The minimum absolute atomic E-state index is 0. The summed E-state index contributed by atoms with van der Waals surface area (Å²) in [6, 6.07) is 0. The van der Waals surface area contributed by atoms with Crippen molar-refractivity contribution in [1.29, 1.82) is 0 Å². The van der Waals surface area contributed by atoms with Crippen molar-refractivity contribution in [3.8, 4) is 0 Å². The van der Waals surface area contributed by atoms with E-state index < -0.39 is 5.08 Å². The fourth-order valence-electron chi connectivity index (χ4n) is 0. The molecule has 0 aromatic rings. The molecule has 0 aromatic carbocycles. The fraction of sp³-hybridized carbons (Fsp3) is 0. The molecular formula is H4CeN2O3. The summed E-state index contributed by atoms with van der Waals surface area (Å²) >= 11 is 0. The van der Waals surface area contributed by atoms with Gasteiger partial charge in [-0.15, -0.1) is 5.84 Å². The first kappa shape index (κ1) is 10.2. The molecule has 0 rings (SSSR count). The Morgan fingerprint density at radius 1 is 1.50 bits per heavy atom. The van der Waals surface area contributed by atoms with Crippen molar-refractivity contribution in [3.63, 3.8) is 0 Å². The Morgan fingerprint density at radius 2 is 1.50 bits per heavy atom. The van der Waals surface area contributed by atoms with E-state index in [0.29, 0.717) is 0 Å². The predicted octanol–water partition coefficient (Wildman–Crippen LogP) is -1.05. The number of hydrogen-bond donors (Lipinski definition) is 3. The van der Waals surface area contributed by atoms with Gasteiger partial charge in [-0.05, 0) is 0 Å². The molecule has 0 aliphatic heterocycles. The van der Waals surface area contributed by atoms with Crippen LogP contribution in [-0.2, 0) is 0 Å². The molecule has 36 valence electrons. The maximum Gasteiger partial charge on any atom is 0.00140 e. The van der Waals surface area contributed by atoms with Crippen molar-refractivity contribution in [2.24, 2.45) is 5.84 Å². The number of nitrogens with two attached hydrogens (primary N) is 1. The average Bonchev–Trinajstić information content (AvgIpc) is 0.722. The second kappa shape index (κ2) is 3.21. The zero-order chi connectivity index (χ0) is 4.50. The summed E-state index contributed by atoms with van der Waals surface area (Å²) in [5.41, 5.74) is 0. The van der Waals surface area contributed by atoms with Crippen molar-refractivity contribution in [2.45, 2.75) is 0 Å². The molecule has 6 heteroatoms. The first-order valence-electron chi connectivity index (χ1n) is 0.841. The quantitative estimate of drug-likeness (QED) is 0.276. The molecular weight excluding hydrogens is 216 g/mol. The molecule has 0 aliphatic carbocycles. The van der Waals surface area contributed by atoms with Gasteiger partial charge < -0.3 is 5.21 Å². The second-order valence-corrected chi connectivity index (χ2v) is 0.589. The molecule has 4 N–H and O–H groups in total. The summed E-state index contributed by atoms with van der Waals surface area (Å²) in [6.45, 7) is 0. The van der Waals surface area contributed by atoms with Crippen LogP contribution in [0, 0.1) is 47.0 Å². The van der Waals surface area contributed by atoms with E-state index in [2.05, 4.69) is 5.84 Å². The molecule has 0 saturated carbocycles. The standard InChI is InChI=1S/Ce.H4N2O3/c;1-2(3,4)5/h;3-4H,1H2. The summed E-state index contributed by atoms with van der Waals surface area (Å²) in [7, 11) is 0. The number of nitrogens with zero attached hydrogens (tertiary/aromatic N) is 1. The summed E-state index contributed by atoms with van der Waals surface area (Å²) in [6.07, 6.45) is 0. The van der Waals surface area contributed by atoms with Crippen LogP contribution in [0.15, 0.2) is 0 Å². The Balaban J connectivity index is 0. The molecule has 0 amide bonds. The molecule has 0 atom stereocenters. The van der Waals surface area contributed by atoms with Gasteiger partial charge in [0.25, 0.3) is 0 Å². The van der Waals surface area contributed by atoms with Crippen LogP contribution >= 0.6 is 0 Å². The third-order valence-electron chi connectivity index (χ3n) is 0. The first-order chi connectivity index (χ1) is 2.00. The third kappa shape index (κ3) is 65.2. The van der Waals surface area contributed by atoms with Crippen LogP contribution in [0.1, 0.15) is 0 Å². The normalized spacial score (nSPS) is 10.0. The SMILES string of the molecule is N[N+]([O-])(O)O.[Ce]. The van der Waals surface area contributed by atoms with E-state index in [1.54, 1.807) is 0 Å². The molecule has 0 spiro atoms. The van der Waals surface area contributed by atoms with Crippen molar-refractivity contribution in [1.82, 2.24) is 0 Å². The van der Waals surface area contributed by atoms with E-state index in [1.807, 2.05) is 0 Å². The van der Waals surface area contributed by atoms with Gasteiger partial charge in [-0.1, -0.05) is 0 Å². The Bertz CT molecular complexity index is 24.3. The monoisotopic (exact) mass is 220 g/mol. The maximum absolute atomic E-state index is 8.93. The van der Waals surface area contributed by atoms with E-state index in [1.165, 1.54) is 0 Å². The van der Waals surface area contributed by atoms with Crippen LogP contribution in [-0.4, -0.2) is 15.5 Å². The van der Waals surface area contributed by atoms with Crippen LogP contribution < -0.4 is 5.84 Å². The molecule has 5 nitrogen and oxygen atoms in total. The van der Waals surface area contributed by atoms with Crippen molar-refractivity contribution < 1.29 is 57.2 Å². The summed E-state index contributed by atoms with van der Waals surface area (Å²) in [5, 5.41) is 20.7. The Morgan fingerprint density at radius 3 is 1.50 bits per heavy atom. The van der Waals surface area contributed by atoms with Crippen LogP contribution in [0.4, 0.5) is 0 Å². The largest absolute Gasteiger partial charge is 0.543 e. The van der Waals surface area contributed by atoms with Gasteiger partial charge in [0, 0.05) is 46.8 Å². The zero-order valence-electron chi connectivity index (χ0n) is 2.83. The van der Waals surface area contributed by atoms with Crippen LogP contribution in [0.5, 0.6) is 0 Å². The van der Waals surface area contributed by atoms with Crippen LogP contribution in [0.25, 0.3) is 0 Å². The van der Waals surface area contributed by atoms with E-state index in [0.717, 1.165) is 0 Å². The molecule has 6 heavy (non-hydrogen) atoms. The summed E-state index contributed by atoms with van der Waals surface area (Å²) in [4.78, 5) is 0. The molecule has 0 saturated heterocycles. The second-order valence-electron chi connectivity index (χ2n) is 0.589. The van der Waals surface area contributed by atoms with Crippen molar-refractivity contribution in [3.05, 3.63) is 5.21 Å². The Kier molecular flexibility index (Phi) is 5.47. The van der Waals surface area contributed by atoms with E-state index in [-0.39, 0.29) is 41.7 Å². The minimum Gasteiger partial charge on any atom is -0.543 e. The molecule has 0 bridgehead atoms. The smallest absolute Gasteiger partial charge is 0.00140 e. The molecule has 0 aromatic heterocycles. The van der Waals surface area contributed by atoms with Gasteiger partial charge in [-0.2, -0.15) is 10.4 Å². The first-order valence-corrected chi connectivity index (χ1v) is 0.841. The maximum atomic E-state index is 8.93. The summed E-state index contributed by atoms with van der Waals surface area (Å²) < 4.78 is 0. The molecule has 0 radical (unpaired) electrons. The van der Waals surface area contributed by atoms with Gasteiger partial charge in [-0.25, -0.2) is 0 Å². The van der Waals surface area contributed by atoms with Gasteiger partial charge in [-0.3, -0.25) is 0 Å². The van der Waals surface area contributed by atoms with E-state index >= 15 is 0 Å². The van der Waals surface area contributed by atoms with Gasteiger partial charge in [0.1, 0.15) is 0 Å². The summed E-state index contributed by atoms with van der Waals surface area (Å²) in [5.74, 6) is 3.85. The molecule has 0 unspecified atom stereocenters. The molecule has 0 fully saturated rings. The Labute approximate surface area is 67.8 Å². The fourth-order valence-corrected chi connectivity index (χ4v) is 0. The minimum atomic E-state index is -2.75. The average molecular weight is 220 g/mol. The predicted molar refractivity (Wildman–Crippen MR) is 11.4 cm³/mol. The van der Waals surface area contributed by atoms with E-state index in [4.69, 9.17) is 15.6 Å². The van der Waals surface area contributed by atoms with Crippen LogP contribution in [0.2, 0.25) is 0 Å². The van der Waals surface area contributed by atoms with Gasteiger partial charge in [0.2, 0.25) is 0 Å². The van der Waals surface area contributed by atoms with Gasteiger partial charge in [0.05, 0.1) is 0 Å². The topological polar surface area (TPSA) is 89.5 Å². The van der Waals surface area contributed by atoms with Crippen molar-refractivity contribution in [2.75, 3.05) is 0 Å². The van der Waals surface area contributed by atoms with Crippen molar-refractivity contribution >= 4 is 0 Å². The van der Waals surface area contributed by atoms with E-state index in [9.17, 15) is 0 Å². The molecule has 0 aliphatic rings. The van der Waals surface area contributed by atoms with Gasteiger partial charge in [0.15, 0.2) is 0 Å². The zero-order valence-corrected chi connectivity index (χ0v) is 5.97. The van der Waals surface area contributed by atoms with Gasteiger partial charge >= 0.3 is 0 Å². The number of quaternary nitrogens is 1. The Hall–Kier alpha value is 1.18. The number of hydrogen-bond acceptors (Lipinski definition) is 4. The number of rotatable bonds is 0. The third-order valence-corrected chi connectivity index (χ3v) is 0.